The minimum absolute atomic E-state index is 0.0674. The number of aromatic amines is 1. The molecule has 1 saturated heterocycles. The highest BCUT2D eigenvalue weighted by molar-refractivity contribution is 6.06. The van der Waals surface area contributed by atoms with Crippen LogP contribution in [0.5, 0.6) is 0 Å². The number of carbonyl (C=O) groups is 1. The van der Waals surface area contributed by atoms with Gasteiger partial charge in [-0.3, -0.25) is 4.79 Å². The van der Waals surface area contributed by atoms with Gasteiger partial charge in [-0.25, -0.2) is 0 Å². The molecule has 1 aromatic carbocycles. The predicted octanol–water partition coefficient (Wildman–Crippen LogP) is 3.51. The highest BCUT2D eigenvalue weighted by Crippen LogP contribution is 2.30. The van der Waals surface area contributed by atoms with Crippen molar-refractivity contribution in [1.82, 2.24) is 15.2 Å². The molecule has 1 fully saturated rings. The quantitative estimate of drug-likeness (QED) is 0.895. The Bertz CT molecular complexity index is 764. The maximum absolute atomic E-state index is 12.8. The van der Waals surface area contributed by atoms with Gasteiger partial charge in [0.25, 0.3) is 5.91 Å². The minimum Gasteiger partial charge on any atom is -0.358 e. The standard InChI is InChI=1S/C21H29N3O/c1-2-24-12-6-7-15(14-24)13-22-21(25)18-10-5-9-17-16-8-3-4-11-19(16)23-20(17)18/h5,9-10,15,23H,2-4,6-8,11-14H2,1H3,(H,22,25)/t15-/m0/s1. The van der Waals surface area contributed by atoms with Gasteiger partial charge in [0.05, 0.1) is 11.1 Å². The summed E-state index contributed by atoms with van der Waals surface area (Å²) in [4.78, 5) is 18.9. The van der Waals surface area contributed by atoms with Crippen molar-refractivity contribution in [2.45, 2.75) is 45.4 Å². The zero-order valence-corrected chi connectivity index (χ0v) is 15.2. The van der Waals surface area contributed by atoms with Crippen molar-refractivity contribution in [1.29, 1.82) is 0 Å². The number of nitrogens with one attached hydrogen (secondary N) is 2. The molecule has 0 bridgehead atoms. The normalized spacial score (nSPS) is 21.2. The van der Waals surface area contributed by atoms with Gasteiger partial charge in [0, 0.05) is 24.2 Å². The third-order valence-electron chi connectivity index (χ3n) is 5.98. The molecule has 1 amide bonds. The van der Waals surface area contributed by atoms with Crippen molar-refractivity contribution >= 4 is 16.8 Å². The van der Waals surface area contributed by atoms with Gasteiger partial charge in [-0.1, -0.05) is 19.1 Å². The van der Waals surface area contributed by atoms with Crippen LogP contribution in [0.4, 0.5) is 0 Å². The second-order valence-corrected chi connectivity index (χ2v) is 7.63. The Hall–Kier alpha value is -1.81. The number of rotatable bonds is 4. The number of fused-ring (bicyclic) bond motifs is 3. The van der Waals surface area contributed by atoms with Crippen LogP contribution in [0, 0.1) is 5.92 Å². The third kappa shape index (κ3) is 3.32. The number of aromatic nitrogens is 1. The van der Waals surface area contributed by atoms with E-state index in [-0.39, 0.29) is 5.91 Å². The lowest BCUT2D eigenvalue weighted by molar-refractivity contribution is 0.0935. The van der Waals surface area contributed by atoms with Gasteiger partial charge in [0.15, 0.2) is 0 Å². The molecule has 134 valence electrons. The molecule has 1 aliphatic carbocycles. The summed E-state index contributed by atoms with van der Waals surface area (Å²) in [6.07, 6.45) is 7.21. The smallest absolute Gasteiger partial charge is 0.253 e. The Kier molecular flexibility index (Phi) is 4.80. The summed E-state index contributed by atoms with van der Waals surface area (Å²) in [5.74, 6) is 0.645. The van der Waals surface area contributed by atoms with E-state index >= 15 is 0 Å². The van der Waals surface area contributed by atoms with Crippen LogP contribution < -0.4 is 5.32 Å². The van der Waals surface area contributed by atoms with Crippen LogP contribution in [0.15, 0.2) is 18.2 Å². The van der Waals surface area contributed by atoms with Crippen molar-refractivity contribution < 1.29 is 4.79 Å². The highest BCUT2D eigenvalue weighted by atomic mass is 16.1. The number of aryl methyl sites for hydroxylation is 2. The summed E-state index contributed by atoms with van der Waals surface area (Å²) < 4.78 is 0. The molecule has 2 N–H and O–H groups in total. The Morgan fingerprint density at radius 1 is 1.28 bits per heavy atom. The molecule has 0 saturated carbocycles. The lowest BCUT2D eigenvalue weighted by Crippen LogP contribution is -2.40. The van der Waals surface area contributed by atoms with E-state index in [9.17, 15) is 4.79 Å². The number of hydrogen-bond donors (Lipinski definition) is 2. The number of nitrogens with zero attached hydrogens (tertiary/aromatic N) is 1. The fourth-order valence-corrected chi connectivity index (χ4v) is 4.56. The Morgan fingerprint density at radius 2 is 2.16 bits per heavy atom. The van der Waals surface area contributed by atoms with E-state index in [2.05, 4.69) is 28.2 Å². The van der Waals surface area contributed by atoms with Gasteiger partial charge in [0.1, 0.15) is 0 Å². The predicted molar refractivity (Wildman–Crippen MR) is 102 cm³/mol. The van der Waals surface area contributed by atoms with Crippen LogP contribution in [-0.2, 0) is 12.8 Å². The number of carbonyl (C=O) groups excluding carboxylic acids is 1. The van der Waals surface area contributed by atoms with Crippen LogP contribution in [0.2, 0.25) is 0 Å². The first kappa shape index (κ1) is 16.6. The van der Waals surface area contributed by atoms with Gasteiger partial charge >= 0.3 is 0 Å². The van der Waals surface area contributed by atoms with Crippen molar-refractivity contribution in [3.8, 4) is 0 Å². The van der Waals surface area contributed by atoms with Gasteiger partial charge in [-0.05, 0) is 69.2 Å². The van der Waals surface area contributed by atoms with E-state index in [4.69, 9.17) is 0 Å². The SMILES string of the molecule is CCN1CCC[C@@H](CNC(=O)c2cccc3c4c([nH]c23)CCCC4)C1. The molecule has 2 aliphatic rings. The van der Waals surface area contributed by atoms with Gasteiger partial charge < -0.3 is 15.2 Å². The average molecular weight is 339 g/mol. The number of amides is 1. The van der Waals surface area contributed by atoms with E-state index in [1.54, 1.807) is 0 Å². The van der Waals surface area contributed by atoms with Crippen LogP contribution in [0.1, 0.15) is 54.2 Å². The molecule has 0 unspecified atom stereocenters. The molecular weight excluding hydrogens is 310 g/mol. The van der Waals surface area contributed by atoms with Crippen molar-refractivity contribution in [2.24, 2.45) is 5.92 Å². The molecule has 1 atom stereocenters. The number of piperidine rings is 1. The van der Waals surface area contributed by atoms with Gasteiger partial charge in [-0.2, -0.15) is 0 Å². The number of H-pyrrole nitrogens is 1. The number of para-hydroxylation sites is 1. The summed E-state index contributed by atoms with van der Waals surface area (Å²) in [6, 6.07) is 6.14. The van der Waals surface area contributed by atoms with E-state index in [1.807, 2.05) is 12.1 Å². The summed E-state index contributed by atoms with van der Waals surface area (Å²) in [7, 11) is 0. The van der Waals surface area contributed by atoms with Crippen LogP contribution in [-0.4, -0.2) is 42.0 Å². The van der Waals surface area contributed by atoms with E-state index in [0.717, 1.165) is 43.6 Å². The molecule has 1 aliphatic heterocycles. The second kappa shape index (κ2) is 7.20. The largest absolute Gasteiger partial charge is 0.358 e. The topological polar surface area (TPSA) is 48.1 Å². The van der Waals surface area contributed by atoms with E-state index in [1.165, 1.54) is 48.9 Å². The fraction of sp³-hybridized carbons (Fsp3) is 0.571. The van der Waals surface area contributed by atoms with Crippen LogP contribution >= 0.6 is 0 Å². The summed E-state index contributed by atoms with van der Waals surface area (Å²) >= 11 is 0. The average Bonchev–Trinajstić information content (AvgIpc) is 3.05. The van der Waals surface area contributed by atoms with Crippen molar-refractivity contribution in [3.05, 3.63) is 35.0 Å². The summed E-state index contributed by atoms with van der Waals surface area (Å²) in [6.45, 7) is 6.42. The summed E-state index contributed by atoms with van der Waals surface area (Å²) in [5.41, 5.74) is 4.61. The first-order chi connectivity index (χ1) is 12.3. The Balaban J connectivity index is 1.49. The maximum Gasteiger partial charge on any atom is 0.253 e. The molecule has 1 aromatic heterocycles. The van der Waals surface area contributed by atoms with Crippen LogP contribution in [0.3, 0.4) is 0 Å². The Morgan fingerprint density at radius 3 is 3.04 bits per heavy atom. The lowest BCUT2D eigenvalue weighted by atomic mass is 9.95. The van der Waals surface area contributed by atoms with E-state index in [0.29, 0.717) is 5.92 Å². The molecule has 4 rings (SSSR count). The monoisotopic (exact) mass is 339 g/mol. The third-order valence-corrected chi connectivity index (χ3v) is 5.98. The first-order valence-electron chi connectivity index (χ1n) is 9.89. The zero-order chi connectivity index (χ0) is 17.2. The summed E-state index contributed by atoms with van der Waals surface area (Å²) in [5, 5.41) is 4.45. The molecular formula is C21H29N3O. The van der Waals surface area contributed by atoms with Crippen molar-refractivity contribution in [3.63, 3.8) is 0 Å². The first-order valence-corrected chi connectivity index (χ1v) is 9.89. The van der Waals surface area contributed by atoms with Crippen molar-refractivity contribution in [2.75, 3.05) is 26.2 Å². The van der Waals surface area contributed by atoms with Gasteiger partial charge in [-0.15, -0.1) is 0 Å². The van der Waals surface area contributed by atoms with Gasteiger partial charge in [0.2, 0.25) is 0 Å². The molecule has 25 heavy (non-hydrogen) atoms. The molecule has 0 spiro atoms. The second-order valence-electron chi connectivity index (χ2n) is 7.63. The van der Waals surface area contributed by atoms with Crippen LogP contribution in [0.25, 0.3) is 10.9 Å². The highest BCUT2D eigenvalue weighted by Gasteiger charge is 2.22. The van der Waals surface area contributed by atoms with E-state index < -0.39 is 0 Å². The number of hydrogen-bond acceptors (Lipinski definition) is 2. The molecule has 4 heteroatoms. The molecule has 4 nitrogen and oxygen atoms in total. The maximum atomic E-state index is 12.8. The minimum atomic E-state index is 0.0674. The molecule has 0 radical (unpaired) electrons. The number of benzene rings is 1. The molecule has 2 heterocycles. The Labute approximate surface area is 150 Å². The lowest BCUT2D eigenvalue weighted by Gasteiger charge is -2.31. The molecule has 2 aromatic rings. The fourth-order valence-electron chi connectivity index (χ4n) is 4.56. The zero-order valence-electron chi connectivity index (χ0n) is 15.2. The number of likely N-dealkylation sites (tertiary alicyclic amines) is 1.